The maximum absolute atomic E-state index is 6.31. The number of fused-ring (bicyclic) bond motifs is 1. The van der Waals surface area contributed by atoms with Crippen LogP contribution in [-0.2, 0) is 0 Å². The Morgan fingerprint density at radius 1 is 1.21 bits per heavy atom. The maximum Gasteiger partial charge on any atom is 0.138 e. The van der Waals surface area contributed by atoms with Gasteiger partial charge in [-0.1, -0.05) is 31.9 Å². The fraction of sp³-hybridized carbons (Fsp3) is 0.733. The molecule has 1 saturated carbocycles. The molecule has 0 aromatic carbocycles. The molecule has 1 aromatic heterocycles. The lowest BCUT2D eigenvalue weighted by Crippen LogP contribution is -2.43. The molecule has 2 atom stereocenters. The van der Waals surface area contributed by atoms with Crippen molar-refractivity contribution >= 4 is 17.4 Å². The number of halogens is 1. The molecule has 0 spiro atoms. The molecule has 0 amide bonds. The summed E-state index contributed by atoms with van der Waals surface area (Å²) >= 11 is 6.31. The van der Waals surface area contributed by atoms with Crippen LogP contribution in [-0.4, -0.2) is 22.6 Å². The zero-order chi connectivity index (χ0) is 13.4. The van der Waals surface area contributed by atoms with Crippen LogP contribution in [0.25, 0.3) is 0 Å². The lowest BCUT2D eigenvalue weighted by atomic mass is 9.91. The van der Waals surface area contributed by atoms with E-state index < -0.39 is 0 Å². The van der Waals surface area contributed by atoms with Crippen molar-refractivity contribution in [1.82, 2.24) is 9.97 Å². The van der Waals surface area contributed by atoms with Crippen molar-refractivity contribution in [3.8, 4) is 0 Å². The predicted molar refractivity (Wildman–Crippen MR) is 78.8 cm³/mol. The van der Waals surface area contributed by atoms with E-state index in [1.807, 2.05) is 0 Å². The van der Waals surface area contributed by atoms with Crippen LogP contribution in [0.4, 0.5) is 5.82 Å². The van der Waals surface area contributed by atoms with Gasteiger partial charge in [0.15, 0.2) is 0 Å². The third-order valence-corrected chi connectivity index (χ3v) is 4.96. The van der Waals surface area contributed by atoms with E-state index >= 15 is 0 Å². The van der Waals surface area contributed by atoms with Crippen LogP contribution in [0.2, 0.25) is 5.15 Å². The maximum atomic E-state index is 6.31. The van der Waals surface area contributed by atoms with Crippen LogP contribution in [0.3, 0.4) is 0 Å². The molecule has 3 rings (SSSR count). The number of rotatable bonds is 2. The molecule has 2 fully saturated rings. The lowest BCUT2D eigenvalue weighted by molar-refractivity contribution is 0.359. The van der Waals surface area contributed by atoms with Crippen molar-refractivity contribution < 1.29 is 0 Å². The van der Waals surface area contributed by atoms with Gasteiger partial charge < -0.3 is 4.90 Å². The van der Waals surface area contributed by atoms with Crippen LogP contribution in [0.15, 0.2) is 6.33 Å². The smallest absolute Gasteiger partial charge is 0.138 e. The van der Waals surface area contributed by atoms with Crippen molar-refractivity contribution in [1.29, 1.82) is 0 Å². The third-order valence-electron chi connectivity index (χ3n) is 4.66. The first kappa shape index (κ1) is 13.2. The Morgan fingerprint density at radius 2 is 2.00 bits per heavy atom. The highest BCUT2D eigenvalue weighted by Crippen LogP contribution is 2.41. The van der Waals surface area contributed by atoms with Crippen molar-refractivity contribution in [2.24, 2.45) is 5.92 Å². The molecule has 1 saturated heterocycles. The van der Waals surface area contributed by atoms with E-state index in [1.165, 1.54) is 32.1 Å². The molecule has 2 unspecified atom stereocenters. The van der Waals surface area contributed by atoms with Gasteiger partial charge in [-0.25, -0.2) is 9.97 Å². The van der Waals surface area contributed by atoms with E-state index in [2.05, 4.69) is 28.7 Å². The Bertz CT molecular complexity index is 461. The first-order valence-electron chi connectivity index (χ1n) is 7.45. The monoisotopic (exact) mass is 279 g/mol. The summed E-state index contributed by atoms with van der Waals surface area (Å²) < 4.78 is 0. The summed E-state index contributed by atoms with van der Waals surface area (Å²) in [5.74, 6) is 2.32. The average Bonchev–Trinajstić information content (AvgIpc) is 2.85. The highest BCUT2D eigenvalue weighted by Gasteiger charge is 2.36. The van der Waals surface area contributed by atoms with Crippen LogP contribution in [0.5, 0.6) is 0 Å². The highest BCUT2D eigenvalue weighted by atomic mass is 35.5. The van der Waals surface area contributed by atoms with Gasteiger partial charge >= 0.3 is 0 Å². The minimum Gasteiger partial charge on any atom is -0.353 e. The average molecular weight is 280 g/mol. The molecule has 104 valence electrons. The molecule has 1 aromatic rings. The molecule has 2 heterocycles. The molecule has 0 N–H and O–H groups in total. The van der Waals surface area contributed by atoms with Crippen molar-refractivity contribution in [2.75, 3.05) is 11.4 Å². The van der Waals surface area contributed by atoms with Crippen LogP contribution >= 0.6 is 11.6 Å². The van der Waals surface area contributed by atoms with Crippen LogP contribution < -0.4 is 4.90 Å². The fourth-order valence-electron chi connectivity index (χ4n) is 3.81. The van der Waals surface area contributed by atoms with Gasteiger partial charge in [-0.2, -0.15) is 0 Å². The standard InChI is InChI=1S/C15H22ClN3/c1-10(2)13-14(16)17-9-18-15(13)19-8-4-6-11-5-3-7-12(11)19/h9-12H,3-8H2,1-2H3. The SMILES string of the molecule is CC(C)c1c(Cl)ncnc1N1CCCC2CCCC21. The first-order chi connectivity index (χ1) is 9.18. The summed E-state index contributed by atoms with van der Waals surface area (Å²) in [6.45, 7) is 5.46. The third kappa shape index (κ3) is 2.33. The summed E-state index contributed by atoms with van der Waals surface area (Å²) in [6, 6.07) is 0.678. The Hall–Kier alpha value is -0.830. The van der Waals surface area contributed by atoms with Crippen LogP contribution in [0.1, 0.15) is 57.4 Å². The summed E-state index contributed by atoms with van der Waals surface area (Å²) in [5, 5.41) is 0.625. The highest BCUT2D eigenvalue weighted by molar-refractivity contribution is 6.30. The van der Waals surface area contributed by atoms with E-state index in [0.29, 0.717) is 17.1 Å². The predicted octanol–water partition coefficient (Wildman–Crippen LogP) is 4.02. The number of piperidine rings is 1. The van der Waals surface area contributed by atoms with Gasteiger partial charge in [0.05, 0.1) is 0 Å². The van der Waals surface area contributed by atoms with E-state index in [-0.39, 0.29) is 0 Å². The van der Waals surface area contributed by atoms with E-state index in [0.717, 1.165) is 23.8 Å². The van der Waals surface area contributed by atoms with Crippen molar-refractivity contribution in [3.05, 3.63) is 17.0 Å². The molecule has 0 radical (unpaired) electrons. The van der Waals surface area contributed by atoms with Crippen molar-refractivity contribution in [2.45, 2.75) is 57.9 Å². The summed E-state index contributed by atoms with van der Waals surface area (Å²) in [5.41, 5.74) is 1.12. The largest absolute Gasteiger partial charge is 0.353 e. The van der Waals surface area contributed by atoms with Gasteiger partial charge in [0.1, 0.15) is 17.3 Å². The van der Waals surface area contributed by atoms with Gasteiger partial charge in [0.25, 0.3) is 0 Å². The lowest BCUT2D eigenvalue weighted by Gasteiger charge is -2.39. The molecule has 2 aliphatic rings. The summed E-state index contributed by atoms with van der Waals surface area (Å²) in [4.78, 5) is 11.3. The van der Waals surface area contributed by atoms with Gasteiger partial charge in [0.2, 0.25) is 0 Å². The molecule has 0 bridgehead atoms. The van der Waals surface area contributed by atoms with Crippen molar-refractivity contribution in [3.63, 3.8) is 0 Å². The molecule has 19 heavy (non-hydrogen) atoms. The minimum absolute atomic E-state index is 0.366. The molecule has 3 nitrogen and oxygen atoms in total. The second-order valence-electron chi connectivity index (χ2n) is 6.15. The molecule has 4 heteroatoms. The van der Waals surface area contributed by atoms with E-state index in [9.17, 15) is 0 Å². The normalized spacial score (nSPS) is 26.8. The first-order valence-corrected chi connectivity index (χ1v) is 7.83. The molecule has 1 aliphatic carbocycles. The second-order valence-corrected chi connectivity index (χ2v) is 6.51. The number of hydrogen-bond acceptors (Lipinski definition) is 3. The van der Waals surface area contributed by atoms with E-state index in [1.54, 1.807) is 6.33 Å². The Kier molecular flexibility index (Phi) is 3.66. The van der Waals surface area contributed by atoms with Crippen LogP contribution in [0, 0.1) is 5.92 Å². The van der Waals surface area contributed by atoms with Gasteiger partial charge in [-0.3, -0.25) is 0 Å². The molecular formula is C15H22ClN3. The quantitative estimate of drug-likeness (QED) is 0.766. The zero-order valence-electron chi connectivity index (χ0n) is 11.8. The Balaban J connectivity index is 1.99. The van der Waals surface area contributed by atoms with Gasteiger partial charge in [-0.05, 0) is 37.5 Å². The molecular weight excluding hydrogens is 258 g/mol. The Morgan fingerprint density at radius 3 is 2.79 bits per heavy atom. The number of aromatic nitrogens is 2. The number of hydrogen-bond donors (Lipinski definition) is 0. The second kappa shape index (κ2) is 5.28. The van der Waals surface area contributed by atoms with Gasteiger partial charge in [0, 0.05) is 18.2 Å². The fourth-order valence-corrected chi connectivity index (χ4v) is 4.15. The number of anilines is 1. The topological polar surface area (TPSA) is 29.0 Å². The zero-order valence-corrected chi connectivity index (χ0v) is 12.5. The summed E-state index contributed by atoms with van der Waals surface area (Å²) in [6.07, 6.45) is 8.34. The Labute approximate surface area is 120 Å². The minimum atomic E-state index is 0.366. The molecule has 1 aliphatic heterocycles. The van der Waals surface area contributed by atoms with E-state index in [4.69, 9.17) is 11.6 Å². The summed E-state index contributed by atoms with van der Waals surface area (Å²) in [7, 11) is 0. The number of nitrogens with zero attached hydrogens (tertiary/aromatic N) is 3. The van der Waals surface area contributed by atoms with Gasteiger partial charge in [-0.15, -0.1) is 0 Å².